The van der Waals surface area contributed by atoms with Crippen LogP contribution in [-0.2, 0) is 13.2 Å². The van der Waals surface area contributed by atoms with Crippen LogP contribution in [0.5, 0.6) is 0 Å². The number of nitrogens with zero attached hydrogens (tertiary/aromatic N) is 1. The molecular formula is C56H59N2O3PS2Te2. The fourth-order valence-electron chi connectivity index (χ4n) is 7.93. The number of nitrogens with one attached hydrogen (secondary N) is 1. The van der Waals surface area contributed by atoms with Gasteiger partial charge in [0.2, 0.25) is 0 Å². The van der Waals surface area contributed by atoms with Crippen molar-refractivity contribution in [2.75, 3.05) is 31.5 Å². The molecule has 5 nitrogen and oxygen atoms in total. The number of benzene rings is 5. The van der Waals surface area contributed by atoms with Crippen LogP contribution in [0.4, 0.5) is 5.69 Å². The van der Waals surface area contributed by atoms with Gasteiger partial charge in [-0.2, -0.15) is 0 Å². The SMILES string of the molecule is C/C(C[Te]1=CC=CC=C1)=C1\c2ccccc2Sc2c(CO)cccc21.CC(C[Te]1=CC=CC=C1)=Pc1ccccc1.CCN(CC)CCNc1ccc(CO)c2sc3ccccc3c(=O)c12. The third-order valence-corrected chi connectivity index (χ3v) is 25.7. The summed E-state index contributed by atoms with van der Waals surface area (Å²) in [5.41, 5.74) is 8.17. The number of rotatable bonds is 13. The normalized spacial score (nSPS) is 15.0. The first kappa shape index (κ1) is 50.1. The number of hydrogen-bond donors (Lipinski definition) is 3. The molecule has 10 heteroatoms. The Morgan fingerprint density at radius 1 is 0.697 bits per heavy atom. The van der Waals surface area contributed by atoms with Crippen LogP contribution in [0.15, 0.2) is 174 Å². The largest absolute Gasteiger partial charge is 0.392 e. The quantitative estimate of drug-likeness (QED) is 0.0607. The number of anilines is 1. The van der Waals surface area contributed by atoms with Gasteiger partial charge in [0.15, 0.2) is 5.43 Å². The van der Waals surface area contributed by atoms with Gasteiger partial charge in [-0.1, -0.05) is 32.0 Å². The summed E-state index contributed by atoms with van der Waals surface area (Å²) in [6, 6.07) is 37.2. The van der Waals surface area contributed by atoms with Crippen molar-refractivity contribution in [1.82, 2.24) is 4.90 Å². The van der Waals surface area contributed by atoms with E-state index in [2.05, 4.69) is 157 Å². The molecule has 5 aromatic carbocycles. The maximum Gasteiger partial charge on any atom is 0.197 e. The van der Waals surface area contributed by atoms with Crippen LogP contribution in [0.25, 0.3) is 25.7 Å². The monoisotopic (exact) mass is 1160 g/mol. The Bertz CT molecular complexity index is 2980. The number of allylic oxidation sites excluding steroid dienone is 7. The number of likely N-dealkylation sites (N-methyl/N-ethyl adjacent to an activating group) is 1. The molecule has 0 atom stereocenters. The number of fused-ring (bicyclic) bond motifs is 4. The van der Waals surface area contributed by atoms with E-state index in [-0.39, 0.29) is 18.6 Å². The zero-order valence-electron chi connectivity index (χ0n) is 38.2. The van der Waals surface area contributed by atoms with Gasteiger partial charge in [-0.3, -0.25) is 4.79 Å². The van der Waals surface area contributed by atoms with Gasteiger partial charge in [0.05, 0.1) is 12.0 Å². The summed E-state index contributed by atoms with van der Waals surface area (Å²) < 4.78 is 14.1. The maximum absolute atomic E-state index is 13.1. The third kappa shape index (κ3) is 13.0. The first-order valence-corrected chi connectivity index (χ1v) is 33.6. The van der Waals surface area contributed by atoms with E-state index in [1.165, 1.54) is 54.5 Å². The molecule has 3 aliphatic heterocycles. The Morgan fingerprint density at radius 3 is 2.06 bits per heavy atom. The van der Waals surface area contributed by atoms with Gasteiger partial charge in [0.1, 0.15) is 0 Å². The molecule has 0 radical (unpaired) electrons. The van der Waals surface area contributed by atoms with Gasteiger partial charge in [0, 0.05) is 33.6 Å². The molecule has 1 aromatic heterocycles. The second-order valence-corrected chi connectivity index (χ2v) is 29.6. The van der Waals surface area contributed by atoms with Crippen LogP contribution in [0.3, 0.4) is 0 Å². The molecule has 0 unspecified atom stereocenters. The van der Waals surface area contributed by atoms with Crippen LogP contribution in [-0.4, -0.2) is 92.8 Å². The summed E-state index contributed by atoms with van der Waals surface area (Å²) >= 11 is 0.958. The summed E-state index contributed by atoms with van der Waals surface area (Å²) in [7, 11) is 1.40. The summed E-state index contributed by atoms with van der Waals surface area (Å²) in [6.45, 7) is 12.7. The van der Waals surface area contributed by atoms with E-state index in [0.29, 0.717) is 5.39 Å². The minimum Gasteiger partial charge on any atom is -0.392 e. The molecule has 0 saturated carbocycles. The molecule has 66 heavy (non-hydrogen) atoms. The third-order valence-electron chi connectivity index (χ3n) is 11.2. The summed E-state index contributed by atoms with van der Waals surface area (Å²) in [5, 5.41) is 27.3. The smallest absolute Gasteiger partial charge is 0.197 e. The van der Waals surface area contributed by atoms with Crippen LogP contribution in [0.1, 0.15) is 49.9 Å². The molecule has 3 aliphatic rings. The Labute approximate surface area is 414 Å². The molecule has 3 N–H and O–H groups in total. The molecule has 0 spiro atoms. The zero-order valence-corrected chi connectivity index (χ0v) is 45.3. The van der Waals surface area contributed by atoms with Gasteiger partial charge >= 0.3 is 266 Å². The Morgan fingerprint density at radius 2 is 1.36 bits per heavy atom. The van der Waals surface area contributed by atoms with E-state index in [0.717, 1.165) is 57.8 Å². The number of aliphatic hydroxyl groups excluding tert-OH is 2. The second-order valence-electron chi connectivity index (χ2n) is 15.8. The average Bonchev–Trinajstić information content (AvgIpc) is 3.35. The standard InChI is InChI=1S/C22H20OSTe.C20H24N2O2S.C14H15PTe/c1-16(15-25-12-5-2-6-13-25)21-18-9-3-4-11-20(18)24-22-17(14-23)8-7-10-19(21)22;1-3-22(4-2)12-11-21-16-10-9-14(13-23)20-18(16)19(24)15-7-5-6-8-17(15)25-20;1-13(12-16-10-6-3-7-11-16)15-14-8-4-2-5-9-14/h2-13,23H,14-15H2,1H3;5-10,21,23H,3-4,11-13H2,1-2H3;2-11H,12H2,1H3/b21-16-;;. The van der Waals surface area contributed by atoms with Gasteiger partial charge < -0.3 is 15.3 Å². The fourth-order valence-corrected chi connectivity index (χ4v) is 20.9. The maximum atomic E-state index is 13.1. The molecule has 0 saturated heterocycles. The average molecular weight is 1160 g/mol. The van der Waals surface area contributed by atoms with E-state index in [4.69, 9.17) is 0 Å². The Kier molecular flexibility index (Phi) is 19.4. The van der Waals surface area contributed by atoms with Crippen LogP contribution in [0.2, 0.25) is 8.94 Å². The zero-order chi connectivity index (χ0) is 46.3. The molecule has 0 aliphatic carbocycles. The van der Waals surface area contributed by atoms with E-state index in [1.54, 1.807) is 28.4 Å². The van der Waals surface area contributed by atoms with E-state index in [9.17, 15) is 15.0 Å². The Balaban J connectivity index is 0.000000151. The molecule has 6 aromatic rings. The van der Waals surface area contributed by atoms with Crippen molar-refractivity contribution >= 4 is 120 Å². The van der Waals surface area contributed by atoms with Gasteiger partial charge in [-0.15, -0.1) is 11.3 Å². The minimum absolute atomic E-state index is 0.0324. The Hall–Kier alpha value is -3.79. The first-order chi connectivity index (χ1) is 32.3. The van der Waals surface area contributed by atoms with Crippen molar-refractivity contribution in [2.24, 2.45) is 0 Å². The fraction of sp³-hybridized carbons (Fsp3) is 0.214. The van der Waals surface area contributed by atoms with Gasteiger partial charge in [-0.25, -0.2) is 0 Å². The molecule has 0 amide bonds. The van der Waals surface area contributed by atoms with Crippen molar-refractivity contribution in [1.29, 1.82) is 0 Å². The van der Waals surface area contributed by atoms with Crippen LogP contribution in [0, 0.1) is 0 Å². The van der Waals surface area contributed by atoms with Crippen molar-refractivity contribution in [2.45, 2.75) is 59.6 Å². The van der Waals surface area contributed by atoms with Crippen LogP contribution >= 0.6 is 31.3 Å². The molecule has 4 heterocycles. The van der Waals surface area contributed by atoms with Crippen molar-refractivity contribution in [3.63, 3.8) is 0 Å². The second kappa shape index (κ2) is 25.5. The minimum atomic E-state index is -1.34. The van der Waals surface area contributed by atoms with Crippen molar-refractivity contribution in [3.05, 3.63) is 192 Å². The molecular weight excluding hydrogens is 1100 g/mol. The van der Waals surface area contributed by atoms with Gasteiger partial charge in [-0.05, 0) is 36.9 Å². The van der Waals surface area contributed by atoms with Crippen molar-refractivity contribution < 1.29 is 10.2 Å². The predicted octanol–water partition coefficient (Wildman–Crippen LogP) is 11.7. The van der Waals surface area contributed by atoms with Crippen molar-refractivity contribution in [3.8, 4) is 0 Å². The van der Waals surface area contributed by atoms with Gasteiger partial charge in [0.25, 0.3) is 0 Å². The van der Waals surface area contributed by atoms with E-state index < -0.39 is 38.2 Å². The topological polar surface area (TPSA) is 72.8 Å². The molecule has 0 bridgehead atoms. The predicted molar refractivity (Wildman–Crippen MR) is 296 cm³/mol. The van der Waals surface area contributed by atoms with Crippen LogP contribution < -0.4 is 16.1 Å². The first-order valence-electron chi connectivity index (χ1n) is 22.4. The molecule has 340 valence electrons. The summed E-state index contributed by atoms with van der Waals surface area (Å²) in [6.07, 6.45) is 13.1. The summed E-state index contributed by atoms with van der Waals surface area (Å²) in [5.74, 6) is 0. The molecule has 0 fully saturated rings. The van der Waals surface area contributed by atoms with E-state index >= 15 is 0 Å². The number of aliphatic hydroxyl groups is 2. The summed E-state index contributed by atoms with van der Waals surface area (Å²) in [4.78, 5) is 17.9. The van der Waals surface area contributed by atoms with E-state index in [1.807, 2.05) is 42.5 Å². The number of hydrogen-bond acceptors (Lipinski definition) is 7. The molecule has 9 rings (SSSR count).